The van der Waals surface area contributed by atoms with Crippen molar-refractivity contribution in [3.63, 3.8) is 0 Å². The molecule has 3 heteroatoms. The SMILES string of the molecule is CCOc1ccccc1COc1ccc(N)cc1. The molecular weight excluding hydrogens is 226 g/mol. The molecule has 0 amide bonds. The standard InChI is InChI=1S/C15H17NO2/c1-2-17-15-6-4-3-5-12(15)11-18-14-9-7-13(16)8-10-14/h3-10H,2,11,16H2,1H3. The van der Waals surface area contributed by atoms with E-state index in [2.05, 4.69) is 0 Å². The van der Waals surface area contributed by atoms with Gasteiger partial charge in [-0.15, -0.1) is 0 Å². The maximum atomic E-state index is 5.70. The van der Waals surface area contributed by atoms with Gasteiger partial charge in [-0.05, 0) is 37.3 Å². The molecule has 0 atom stereocenters. The Morgan fingerprint density at radius 1 is 0.944 bits per heavy atom. The van der Waals surface area contributed by atoms with Crippen LogP contribution in [-0.2, 0) is 6.61 Å². The van der Waals surface area contributed by atoms with Crippen LogP contribution < -0.4 is 15.2 Å². The van der Waals surface area contributed by atoms with Gasteiger partial charge in [-0.25, -0.2) is 0 Å². The van der Waals surface area contributed by atoms with Gasteiger partial charge in [-0.3, -0.25) is 0 Å². The fourth-order valence-electron chi connectivity index (χ4n) is 1.64. The third kappa shape index (κ3) is 3.17. The van der Waals surface area contributed by atoms with E-state index in [0.29, 0.717) is 13.2 Å². The van der Waals surface area contributed by atoms with Gasteiger partial charge in [0.1, 0.15) is 18.1 Å². The molecule has 2 N–H and O–H groups in total. The third-order valence-electron chi connectivity index (χ3n) is 2.55. The van der Waals surface area contributed by atoms with Gasteiger partial charge in [0.2, 0.25) is 0 Å². The van der Waals surface area contributed by atoms with Crippen molar-refractivity contribution < 1.29 is 9.47 Å². The summed E-state index contributed by atoms with van der Waals surface area (Å²) in [5, 5.41) is 0. The molecule has 0 unspecified atom stereocenters. The first kappa shape index (κ1) is 12.3. The van der Waals surface area contributed by atoms with Crippen molar-refractivity contribution in [2.45, 2.75) is 13.5 Å². The van der Waals surface area contributed by atoms with Gasteiger partial charge < -0.3 is 15.2 Å². The van der Waals surface area contributed by atoms with E-state index >= 15 is 0 Å². The summed E-state index contributed by atoms with van der Waals surface area (Å²) in [5.74, 6) is 1.67. The highest BCUT2D eigenvalue weighted by molar-refractivity contribution is 5.41. The van der Waals surface area contributed by atoms with E-state index in [9.17, 15) is 0 Å². The molecule has 0 heterocycles. The fraction of sp³-hybridized carbons (Fsp3) is 0.200. The Labute approximate surface area is 107 Å². The minimum atomic E-state index is 0.486. The van der Waals surface area contributed by atoms with Crippen LogP contribution in [0.4, 0.5) is 5.69 Å². The average Bonchev–Trinajstić information content (AvgIpc) is 2.40. The highest BCUT2D eigenvalue weighted by atomic mass is 16.5. The number of hydrogen-bond acceptors (Lipinski definition) is 3. The highest BCUT2D eigenvalue weighted by Crippen LogP contribution is 2.21. The normalized spacial score (nSPS) is 10.1. The summed E-state index contributed by atoms with van der Waals surface area (Å²) < 4.78 is 11.2. The first-order valence-corrected chi connectivity index (χ1v) is 5.98. The summed E-state index contributed by atoms with van der Waals surface area (Å²) in [6.07, 6.45) is 0. The molecule has 18 heavy (non-hydrogen) atoms. The van der Waals surface area contributed by atoms with Crippen LogP contribution in [0.25, 0.3) is 0 Å². The molecule has 3 nitrogen and oxygen atoms in total. The van der Waals surface area contributed by atoms with E-state index in [1.165, 1.54) is 0 Å². The van der Waals surface area contributed by atoms with Gasteiger partial charge in [0.25, 0.3) is 0 Å². The second-order valence-electron chi connectivity index (χ2n) is 3.90. The molecule has 0 aliphatic rings. The number of nitrogen functional groups attached to an aromatic ring is 1. The van der Waals surface area contributed by atoms with Crippen molar-refractivity contribution in [3.8, 4) is 11.5 Å². The molecule has 0 aliphatic carbocycles. The van der Waals surface area contributed by atoms with Crippen LogP contribution in [0, 0.1) is 0 Å². The van der Waals surface area contributed by atoms with E-state index in [1.807, 2.05) is 55.5 Å². The van der Waals surface area contributed by atoms with Crippen molar-refractivity contribution in [3.05, 3.63) is 54.1 Å². The number of ether oxygens (including phenoxy) is 2. The Morgan fingerprint density at radius 3 is 2.39 bits per heavy atom. The van der Waals surface area contributed by atoms with Crippen LogP contribution in [0.3, 0.4) is 0 Å². The van der Waals surface area contributed by atoms with Gasteiger partial charge in [0.15, 0.2) is 0 Å². The smallest absolute Gasteiger partial charge is 0.125 e. The summed E-state index contributed by atoms with van der Waals surface area (Å²) in [6, 6.07) is 15.3. The minimum Gasteiger partial charge on any atom is -0.493 e. The highest BCUT2D eigenvalue weighted by Gasteiger charge is 2.03. The second-order valence-corrected chi connectivity index (χ2v) is 3.90. The number of nitrogens with two attached hydrogens (primary N) is 1. The lowest BCUT2D eigenvalue weighted by molar-refractivity contribution is 0.286. The Balaban J connectivity index is 2.03. The maximum absolute atomic E-state index is 5.70. The lowest BCUT2D eigenvalue weighted by Gasteiger charge is -2.11. The summed E-state index contributed by atoms with van der Waals surface area (Å²) in [6.45, 7) is 3.11. The Morgan fingerprint density at radius 2 is 1.67 bits per heavy atom. The topological polar surface area (TPSA) is 44.5 Å². The molecule has 0 fully saturated rings. The number of hydrogen-bond donors (Lipinski definition) is 1. The van der Waals surface area contributed by atoms with Gasteiger partial charge in [-0.1, -0.05) is 18.2 Å². The maximum Gasteiger partial charge on any atom is 0.125 e. The van der Waals surface area contributed by atoms with Crippen LogP contribution in [0.1, 0.15) is 12.5 Å². The summed E-state index contributed by atoms with van der Waals surface area (Å²) in [4.78, 5) is 0. The molecule has 2 aromatic rings. The summed E-state index contributed by atoms with van der Waals surface area (Å²) >= 11 is 0. The fourth-order valence-corrected chi connectivity index (χ4v) is 1.64. The Bertz CT molecular complexity index is 494. The van der Waals surface area contributed by atoms with Crippen LogP contribution >= 0.6 is 0 Å². The largest absolute Gasteiger partial charge is 0.493 e. The number of benzene rings is 2. The van der Waals surface area contributed by atoms with Crippen molar-refractivity contribution in [2.75, 3.05) is 12.3 Å². The third-order valence-corrected chi connectivity index (χ3v) is 2.55. The van der Waals surface area contributed by atoms with Crippen molar-refractivity contribution in [1.29, 1.82) is 0 Å². The lowest BCUT2D eigenvalue weighted by atomic mass is 10.2. The van der Waals surface area contributed by atoms with Gasteiger partial charge in [0.05, 0.1) is 6.61 Å². The van der Waals surface area contributed by atoms with Crippen molar-refractivity contribution in [2.24, 2.45) is 0 Å². The zero-order valence-electron chi connectivity index (χ0n) is 10.4. The van der Waals surface area contributed by atoms with E-state index < -0.39 is 0 Å². The van der Waals surface area contributed by atoms with Crippen LogP contribution in [0.5, 0.6) is 11.5 Å². The van der Waals surface area contributed by atoms with Crippen LogP contribution in [0.2, 0.25) is 0 Å². The number of para-hydroxylation sites is 1. The molecule has 0 saturated carbocycles. The van der Waals surface area contributed by atoms with Gasteiger partial charge in [0, 0.05) is 11.3 Å². The van der Waals surface area contributed by atoms with E-state index in [4.69, 9.17) is 15.2 Å². The second kappa shape index (κ2) is 5.96. The van der Waals surface area contributed by atoms with Gasteiger partial charge in [-0.2, -0.15) is 0 Å². The summed E-state index contributed by atoms with van der Waals surface area (Å²) in [5.41, 5.74) is 7.39. The molecule has 2 aromatic carbocycles. The minimum absolute atomic E-state index is 0.486. The molecule has 0 spiro atoms. The summed E-state index contributed by atoms with van der Waals surface area (Å²) in [7, 11) is 0. The van der Waals surface area contributed by atoms with Crippen molar-refractivity contribution >= 4 is 5.69 Å². The number of anilines is 1. The molecule has 0 aromatic heterocycles. The predicted octanol–water partition coefficient (Wildman–Crippen LogP) is 3.25. The molecular formula is C15H17NO2. The van der Waals surface area contributed by atoms with Crippen LogP contribution in [-0.4, -0.2) is 6.61 Å². The monoisotopic (exact) mass is 243 g/mol. The van der Waals surface area contributed by atoms with E-state index in [0.717, 1.165) is 22.7 Å². The molecule has 0 aliphatic heterocycles. The average molecular weight is 243 g/mol. The first-order valence-electron chi connectivity index (χ1n) is 5.98. The predicted molar refractivity (Wildman–Crippen MR) is 72.8 cm³/mol. The van der Waals surface area contributed by atoms with E-state index in [1.54, 1.807) is 0 Å². The zero-order chi connectivity index (χ0) is 12.8. The van der Waals surface area contributed by atoms with Gasteiger partial charge >= 0.3 is 0 Å². The van der Waals surface area contributed by atoms with Crippen LogP contribution in [0.15, 0.2) is 48.5 Å². The van der Waals surface area contributed by atoms with E-state index in [-0.39, 0.29) is 0 Å². The Hall–Kier alpha value is -2.16. The molecule has 0 bridgehead atoms. The molecule has 0 radical (unpaired) electrons. The molecule has 0 saturated heterocycles. The zero-order valence-corrected chi connectivity index (χ0v) is 10.4. The number of rotatable bonds is 5. The quantitative estimate of drug-likeness (QED) is 0.820. The molecule has 94 valence electrons. The lowest BCUT2D eigenvalue weighted by Crippen LogP contribution is -2.00. The molecule has 2 rings (SSSR count). The first-order chi connectivity index (χ1) is 8.79. The Kier molecular flexibility index (Phi) is 4.07. The van der Waals surface area contributed by atoms with Crippen molar-refractivity contribution in [1.82, 2.24) is 0 Å².